The molecule has 0 radical (unpaired) electrons. The van der Waals surface area contributed by atoms with Gasteiger partial charge in [0.15, 0.2) is 9.84 Å². The first-order valence-corrected chi connectivity index (χ1v) is 9.98. The number of rotatable bonds is 3. The molecule has 1 amide bonds. The van der Waals surface area contributed by atoms with Crippen molar-refractivity contribution >= 4 is 25.8 Å². The van der Waals surface area contributed by atoms with Crippen LogP contribution in [0.4, 0.5) is 0 Å². The Morgan fingerprint density at radius 1 is 1.27 bits per heavy atom. The highest BCUT2D eigenvalue weighted by molar-refractivity contribution is 7.95. The Bertz CT molecular complexity index is 804. The number of hydrogen-bond donors (Lipinski definition) is 1. The monoisotopic (exact) mass is 345 g/mol. The van der Waals surface area contributed by atoms with Gasteiger partial charge in [0.2, 0.25) is 15.9 Å². The lowest BCUT2D eigenvalue weighted by Crippen LogP contribution is -2.36. The van der Waals surface area contributed by atoms with Crippen LogP contribution in [0.5, 0.6) is 0 Å². The highest BCUT2D eigenvalue weighted by Crippen LogP contribution is 2.37. The molecule has 6 nitrogen and oxygen atoms in total. The third-order valence-electron chi connectivity index (χ3n) is 3.29. The highest BCUT2D eigenvalue weighted by atomic mass is 32.2. The minimum absolute atomic E-state index is 0.0219. The van der Waals surface area contributed by atoms with Crippen LogP contribution in [-0.4, -0.2) is 28.5 Å². The molecule has 22 heavy (non-hydrogen) atoms. The fraction of sp³-hybridized carbons (Fsp3) is 0.500. The molecule has 0 fully saturated rings. The molecule has 0 spiro atoms. The predicted molar refractivity (Wildman–Crippen MR) is 82.4 cm³/mol. The van der Waals surface area contributed by atoms with E-state index in [-0.39, 0.29) is 22.3 Å². The average molecular weight is 345 g/mol. The van der Waals surface area contributed by atoms with E-state index in [0.29, 0.717) is 0 Å². The summed E-state index contributed by atoms with van der Waals surface area (Å²) in [5, 5.41) is -1.25. The number of carbonyl (C=O) groups excluding carboxylic acids is 1. The van der Waals surface area contributed by atoms with Crippen molar-refractivity contribution in [1.82, 2.24) is 4.72 Å². The van der Waals surface area contributed by atoms with Gasteiger partial charge in [-0.2, -0.15) is 0 Å². The lowest BCUT2D eigenvalue weighted by molar-refractivity contribution is -0.121. The Balaban J connectivity index is 2.31. The summed E-state index contributed by atoms with van der Waals surface area (Å²) in [5.74, 6) is -1.17. The molecule has 1 aliphatic rings. The molecule has 1 atom stereocenters. The van der Waals surface area contributed by atoms with Crippen LogP contribution in [-0.2, 0) is 24.7 Å². The normalized spacial score (nSPS) is 20.4. The Morgan fingerprint density at radius 2 is 1.86 bits per heavy atom. The van der Waals surface area contributed by atoms with Crippen molar-refractivity contribution in [2.24, 2.45) is 5.41 Å². The molecule has 122 valence electrons. The summed E-state index contributed by atoms with van der Waals surface area (Å²) in [6, 6.07) is 5.98. The average Bonchev–Trinajstić information content (AvgIpc) is 2.60. The van der Waals surface area contributed by atoms with Gasteiger partial charge in [0.05, 0.1) is 10.6 Å². The second-order valence-corrected chi connectivity index (χ2v) is 10.5. The molecule has 1 heterocycles. The lowest BCUT2D eigenvalue weighted by atomic mass is 9.92. The summed E-state index contributed by atoms with van der Waals surface area (Å²) in [6.07, 6.45) is 0.0351. The number of carbonyl (C=O) groups is 1. The van der Waals surface area contributed by atoms with Crippen LogP contribution in [0.25, 0.3) is 0 Å². The molecule has 0 saturated heterocycles. The molecular formula is C14H19NO5S2. The van der Waals surface area contributed by atoms with E-state index in [4.69, 9.17) is 0 Å². The van der Waals surface area contributed by atoms with E-state index in [1.807, 2.05) is 25.5 Å². The van der Waals surface area contributed by atoms with Crippen LogP contribution in [0.3, 0.4) is 0 Å². The molecule has 1 aliphatic heterocycles. The van der Waals surface area contributed by atoms with Crippen LogP contribution in [0.15, 0.2) is 29.2 Å². The number of amides is 1. The van der Waals surface area contributed by atoms with Gasteiger partial charge < -0.3 is 0 Å². The number of hydrogen-bond acceptors (Lipinski definition) is 5. The standard InChI is InChI=1S/C14H19NO5S2/c1-14(2,3)8-13(16)15-22(19,20)12-9-21(17,18)11-7-5-4-6-10(11)12/h4-7,12H,8-9H2,1-3H3,(H,15,16). The van der Waals surface area contributed by atoms with Crippen molar-refractivity contribution in [3.05, 3.63) is 29.8 Å². The van der Waals surface area contributed by atoms with E-state index in [1.165, 1.54) is 12.1 Å². The Hall–Kier alpha value is -1.41. The molecule has 0 aliphatic carbocycles. The van der Waals surface area contributed by atoms with Crippen LogP contribution in [0.1, 0.15) is 38.0 Å². The van der Waals surface area contributed by atoms with E-state index < -0.39 is 36.8 Å². The van der Waals surface area contributed by atoms with Gasteiger partial charge in [-0.25, -0.2) is 16.8 Å². The summed E-state index contributed by atoms with van der Waals surface area (Å²) < 4.78 is 50.9. The molecule has 0 bridgehead atoms. The first-order chi connectivity index (χ1) is 9.92. The third-order valence-corrected chi connectivity index (χ3v) is 7.00. The molecule has 2 rings (SSSR count). The molecule has 0 saturated carbocycles. The van der Waals surface area contributed by atoms with Crippen molar-refractivity contribution in [3.8, 4) is 0 Å². The molecule has 1 aromatic rings. The summed E-state index contributed by atoms with van der Waals surface area (Å²) in [4.78, 5) is 11.9. The Morgan fingerprint density at radius 3 is 2.45 bits per heavy atom. The van der Waals surface area contributed by atoms with Crippen molar-refractivity contribution in [2.75, 3.05) is 5.75 Å². The van der Waals surface area contributed by atoms with Gasteiger partial charge in [-0.15, -0.1) is 0 Å². The van der Waals surface area contributed by atoms with Crippen LogP contribution >= 0.6 is 0 Å². The number of sulfone groups is 1. The lowest BCUT2D eigenvalue weighted by Gasteiger charge is -2.18. The minimum Gasteiger partial charge on any atom is -0.274 e. The van der Waals surface area contributed by atoms with Gasteiger partial charge in [-0.1, -0.05) is 39.0 Å². The second kappa shape index (κ2) is 5.34. The third kappa shape index (κ3) is 3.49. The summed E-state index contributed by atoms with van der Waals surface area (Å²) in [6.45, 7) is 5.44. The first-order valence-electron chi connectivity index (χ1n) is 6.78. The van der Waals surface area contributed by atoms with Gasteiger partial charge in [-0.3, -0.25) is 9.52 Å². The zero-order valence-electron chi connectivity index (χ0n) is 12.7. The smallest absolute Gasteiger partial charge is 0.243 e. The maximum atomic E-state index is 12.4. The van der Waals surface area contributed by atoms with Crippen molar-refractivity contribution in [2.45, 2.75) is 37.3 Å². The number of fused-ring (bicyclic) bond motifs is 1. The zero-order valence-corrected chi connectivity index (χ0v) is 14.3. The number of sulfonamides is 1. The van der Waals surface area contributed by atoms with E-state index in [2.05, 4.69) is 0 Å². The highest BCUT2D eigenvalue weighted by Gasteiger charge is 2.42. The van der Waals surface area contributed by atoms with Gasteiger partial charge in [0.1, 0.15) is 5.25 Å². The largest absolute Gasteiger partial charge is 0.274 e. The predicted octanol–water partition coefficient (Wildman–Crippen LogP) is 1.40. The van der Waals surface area contributed by atoms with Crippen LogP contribution < -0.4 is 4.72 Å². The topological polar surface area (TPSA) is 97.4 Å². The minimum atomic E-state index is -4.09. The van der Waals surface area contributed by atoms with E-state index >= 15 is 0 Å². The Kier molecular flexibility index (Phi) is 4.12. The van der Waals surface area contributed by atoms with E-state index in [9.17, 15) is 21.6 Å². The Labute approximate surface area is 130 Å². The molecule has 1 unspecified atom stereocenters. The van der Waals surface area contributed by atoms with Crippen LogP contribution in [0, 0.1) is 5.41 Å². The van der Waals surface area contributed by atoms with Gasteiger partial charge in [-0.05, 0) is 17.0 Å². The number of nitrogens with one attached hydrogen (secondary N) is 1. The maximum Gasteiger partial charge on any atom is 0.243 e. The summed E-state index contributed by atoms with van der Waals surface area (Å²) in [5.41, 5.74) is -0.141. The van der Waals surface area contributed by atoms with Crippen molar-refractivity contribution in [3.63, 3.8) is 0 Å². The van der Waals surface area contributed by atoms with Gasteiger partial charge in [0.25, 0.3) is 0 Å². The fourth-order valence-electron chi connectivity index (χ4n) is 2.41. The number of benzene rings is 1. The van der Waals surface area contributed by atoms with Crippen molar-refractivity contribution < 1.29 is 21.6 Å². The van der Waals surface area contributed by atoms with Crippen molar-refractivity contribution in [1.29, 1.82) is 0 Å². The quantitative estimate of drug-likeness (QED) is 0.893. The summed E-state index contributed by atoms with van der Waals surface area (Å²) >= 11 is 0. The van der Waals surface area contributed by atoms with E-state index in [1.54, 1.807) is 12.1 Å². The zero-order chi connectivity index (χ0) is 16.8. The molecule has 1 N–H and O–H groups in total. The fourth-order valence-corrected chi connectivity index (χ4v) is 6.43. The van der Waals surface area contributed by atoms with E-state index in [0.717, 1.165) is 0 Å². The molecule has 1 aromatic carbocycles. The molecule has 8 heteroatoms. The maximum absolute atomic E-state index is 12.4. The molecule has 0 aromatic heterocycles. The first kappa shape index (κ1) is 17.0. The summed E-state index contributed by atoms with van der Waals surface area (Å²) in [7, 11) is -7.73. The van der Waals surface area contributed by atoms with Gasteiger partial charge in [0, 0.05) is 6.42 Å². The SMILES string of the molecule is CC(C)(C)CC(=O)NS(=O)(=O)C1CS(=O)(=O)c2ccccc21. The van der Waals surface area contributed by atoms with Crippen LogP contribution in [0.2, 0.25) is 0 Å². The molecular weight excluding hydrogens is 326 g/mol. The second-order valence-electron chi connectivity index (χ2n) is 6.62. The van der Waals surface area contributed by atoms with Gasteiger partial charge >= 0.3 is 0 Å².